The lowest BCUT2D eigenvalue weighted by Gasteiger charge is -2.11. The van der Waals surface area contributed by atoms with E-state index in [-0.39, 0.29) is 11.7 Å². The third-order valence-corrected chi connectivity index (χ3v) is 2.84. The van der Waals surface area contributed by atoms with Gasteiger partial charge in [0, 0.05) is 6.04 Å². The van der Waals surface area contributed by atoms with Crippen LogP contribution in [0.3, 0.4) is 0 Å². The van der Waals surface area contributed by atoms with E-state index in [1.54, 1.807) is 6.07 Å². The third kappa shape index (κ3) is 3.22. The lowest BCUT2D eigenvalue weighted by molar-refractivity contribution is 0.0886. The third-order valence-electron chi connectivity index (χ3n) is 2.84. The van der Waals surface area contributed by atoms with E-state index in [2.05, 4.69) is 15.6 Å². The second kappa shape index (κ2) is 5.86. The number of nitrogens with one attached hydrogen (secondary N) is 2. The second-order valence-corrected chi connectivity index (χ2v) is 4.20. The number of rotatable bonds is 4. The van der Waals surface area contributed by atoms with Crippen LogP contribution in [0.2, 0.25) is 0 Å². The summed E-state index contributed by atoms with van der Waals surface area (Å²) in [6.45, 7) is 0.292. The smallest absolute Gasteiger partial charge is 0.270 e. The van der Waals surface area contributed by atoms with E-state index in [0.717, 1.165) is 25.1 Å². The van der Waals surface area contributed by atoms with Crippen molar-refractivity contribution in [3.05, 3.63) is 29.6 Å². The molecule has 2 N–H and O–H groups in total. The van der Waals surface area contributed by atoms with Gasteiger partial charge in [-0.2, -0.15) is 0 Å². The molecule has 1 amide bonds. The molecule has 1 saturated heterocycles. The van der Waals surface area contributed by atoms with E-state index in [1.165, 1.54) is 6.07 Å². The molecular weight excluding hydrogens is 240 g/mol. The number of amides is 1. The van der Waals surface area contributed by atoms with Gasteiger partial charge in [0.15, 0.2) is 0 Å². The lowest BCUT2D eigenvalue weighted by Crippen LogP contribution is -2.29. The first-order chi connectivity index (χ1) is 8.66. The average molecular weight is 255 g/mol. The fourth-order valence-electron chi connectivity index (χ4n) is 1.97. The van der Waals surface area contributed by atoms with Crippen LogP contribution in [-0.2, 0) is 0 Å². The van der Waals surface area contributed by atoms with Crippen LogP contribution in [0.15, 0.2) is 18.2 Å². The molecule has 1 aliphatic heterocycles. The highest BCUT2D eigenvalue weighted by molar-refractivity contribution is 5.92. The largest absolute Gasteiger partial charge is 0.345 e. The maximum atomic E-state index is 12.0. The number of aromatic nitrogens is 1. The van der Waals surface area contributed by atoms with E-state index in [0.29, 0.717) is 0 Å². The van der Waals surface area contributed by atoms with Crippen molar-refractivity contribution in [3.63, 3.8) is 0 Å². The van der Waals surface area contributed by atoms with Gasteiger partial charge in [-0.1, -0.05) is 6.07 Å². The Hall–Kier alpha value is -1.56. The number of hydrogen-bond acceptors (Lipinski definition) is 3. The van der Waals surface area contributed by atoms with E-state index in [4.69, 9.17) is 0 Å². The van der Waals surface area contributed by atoms with Crippen molar-refractivity contribution in [1.29, 1.82) is 0 Å². The van der Waals surface area contributed by atoms with Crippen molar-refractivity contribution < 1.29 is 13.6 Å². The van der Waals surface area contributed by atoms with Gasteiger partial charge in [-0.3, -0.25) is 4.79 Å². The summed E-state index contributed by atoms with van der Waals surface area (Å²) in [6.07, 6.45) is -0.489. The van der Waals surface area contributed by atoms with Gasteiger partial charge >= 0.3 is 0 Å². The number of carbonyl (C=O) groups is 1. The zero-order valence-corrected chi connectivity index (χ0v) is 9.83. The molecule has 0 aromatic carbocycles. The number of nitrogens with zero attached hydrogens (tertiary/aromatic N) is 1. The predicted molar refractivity (Wildman–Crippen MR) is 62.6 cm³/mol. The van der Waals surface area contributed by atoms with E-state index < -0.39 is 18.9 Å². The molecule has 2 heterocycles. The molecule has 4 nitrogen and oxygen atoms in total. The van der Waals surface area contributed by atoms with Gasteiger partial charge < -0.3 is 10.6 Å². The highest BCUT2D eigenvalue weighted by atomic mass is 19.3. The first-order valence-electron chi connectivity index (χ1n) is 5.93. The Kier molecular flexibility index (Phi) is 4.19. The van der Waals surface area contributed by atoms with Crippen molar-refractivity contribution in [2.45, 2.75) is 25.3 Å². The van der Waals surface area contributed by atoms with Crippen LogP contribution in [-0.4, -0.2) is 30.4 Å². The standard InChI is InChI=1S/C12H15F2N3O/c13-11(14)7-16-12(18)10-4-1-3-9(17-10)8-5-2-6-15-8/h1,3-4,8,11,15H,2,5-7H2,(H,16,18)/t8-/m1/s1. The topological polar surface area (TPSA) is 54.0 Å². The van der Waals surface area contributed by atoms with Crippen LogP contribution in [0.1, 0.15) is 35.1 Å². The van der Waals surface area contributed by atoms with E-state index >= 15 is 0 Å². The molecule has 0 unspecified atom stereocenters. The molecule has 0 spiro atoms. The molecule has 6 heteroatoms. The zero-order valence-electron chi connectivity index (χ0n) is 9.83. The van der Waals surface area contributed by atoms with Gasteiger partial charge in [0.05, 0.1) is 12.2 Å². The Morgan fingerprint density at radius 3 is 3.06 bits per heavy atom. The van der Waals surface area contributed by atoms with Crippen LogP contribution < -0.4 is 10.6 Å². The fourth-order valence-corrected chi connectivity index (χ4v) is 1.97. The quantitative estimate of drug-likeness (QED) is 0.857. The zero-order chi connectivity index (χ0) is 13.0. The molecule has 0 saturated carbocycles. The Bertz CT molecular complexity index is 420. The van der Waals surface area contributed by atoms with E-state index in [9.17, 15) is 13.6 Å². The van der Waals surface area contributed by atoms with Crippen LogP contribution in [0.4, 0.5) is 8.78 Å². The minimum absolute atomic E-state index is 0.160. The van der Waals surface area contributed by atoms with Crippen LogP contribution in [0.25, 0.3) is 0 Å². The predicted octanol–water partition coefficient (Wildman–Crippen LogP) is 1.50. The number of pyridine rings is 1. The molecule has 18 heavy (non-hydrogen) atoms. The Morgan fingerprint density at radius 2 is 2.39 bits per heavy atom. The van der Waals surface area contributed by atoms with Gasteiger partial charge in [-0.25, -0.2) is 13.8 Å². The highest BCUT2D eigenvalue weighted by Gasteiger charge is 2.18. The number of hydrogen-bond donors (Lipinski definition) is 2. The molecule has 2 rings (SSSR count). The maximum Gasteiger partial charge on any atom is 0.270 e. The summed E-state index contributed by atoms with van der Waals surface area (Å²) in [5.41, 5.74) is 0.971. The van der Waals surface area contributed by atoms with Crippen molar-refractivity contribution in [3.8, 4) is 0 Å². The minimum Gasteiger partial charge on any atom is -0.345 e. The Balaban J connectivity index is 2.04. The summed E-state index contributed by atoms with van der Waals surface area (Å²) in [4.78, 5) is 15.8. The van der Waals surface area contributed by atoms with Gasteiger partial charge in [-0.05, 0) is 31.5 Å². The number of carbonyl (C=O) groups excluding carboxylic acids is 1. The minimum atomic E-state index is -2.55. The lowest BCUT2D eigenvalue weighted by atomic mass is 10.1. The first-order valence-corrected chi connectivity index (χ1v) is 5.93. The molecule has 1 atom stereocenters. The summed E-state index contributed by atoms with van der Waals surface area (Å²) in [5, 5.41) is 5.42. The van der Waals surface area contributed by atoms with Gasteiger partial charge in [0.1, 0.15) is 5.69 Å². The molecule has 1 aliphatic rings. The Morgan fingerprint density at radius 1 is 1.56 bits per heavy atom. The van der Waals surface area contributed by atoms with Crippen LogP contribution >= 0.6 is 0 Å². The van der Waals surface area contributed by atoms with Crippen molar-refractivity contribution in [1.82, 2.24) is 15.6 Å². The van der Waals surface area contributed by atoms with Crippen molar-refractivity contribution >= 4 is 5.91 Å². The summed E-state index contributed by atoms with van der Waals surface area (Å²) in [7, 11) is 0. The van der Waals surface area contributed by atoms with Gasteiger partial charge in [0.25, 0.3) is 12.3 Å². The highest BCUT2D eigenvalue weighted by Crippen LogP contribution is 2.21. The van der Waals surface area contributed by atoms with Crippen molar-refractivity contribution in [2.24, 2.45) is 0 Å². The molecular formula is C12H15F2N3O. The summed E-state index contributed by atoms with van der Waals surface area (Å²) < 4.78 is 24.0. The van der Waals surface area contributed by atoms with Crippen molar-refractivity contribution in [2.75, 3.05) is 13.1 Å². The second-order valence-electron chi connectivity index (χ2n) is 4.20. The molecule has 0 aliphatic carbocycles. The Labute approximate surface area is 104 Å². The molecule has 1 aromatic heterocycles. The van der Waals surface area contributed by atoms with Gasteiger partial charge in [-0.15, -0.1) is 0 Å². The molecule has 98 valence electrons. The normalized spacial score (nSPS) is 19.2. The molecule has 0 radical (unpaired) electrons. The average Bonchev–Trinajstić information content (AvgIpc) is 2.90. The molecule has 1 aromatic rings. The van der Waals surface area contributed by atoms with E-state index in [1.807, 2.05) is 6.07 Å². The summed E-state index contributed by atoms with van der Waals surface area (Å²) in [6, 6.07) is 5.25. The maximum absolute atomic E-state index is 12.0. The number of halogens is 2. The first kappa shape index (κ1) is 12.9. The van der Waals surface area contributed by atoms with Gasteiger partial charge in [0.2, 0.25) is 0 Å². The fraction of sp³-hybridized carbons (Fsp3) is 0.500. The summed E-state index contributed by atoms with van der Waals surface area (Å²) >= 11 is 0. The molecule has 1 fully saturated rings. The summed E-state index contributed by atoms with van der Waals surface area (Å²) in [5.74, 6) is -0.560. The molecule has 0 bridgehead atoms. The monoisotopic (exact) mass is 255 g/mol. The van der Waals surface area contributed by atoms with Crippen LogP contribution in [0, 0.1) is 0 Å². The van der Waals surface area contributed by atoms with Crippen LogP contribution in [0.5, 0.6) is 0 Å². The SMILES string of the molecule is O=C(NCC(F)F)c1cccc([C@H]2CCCN2)n1. The number of alkyl halides is 2.